The quantitative estimate of drug-likeness (QED) is 0.303. The number of nitro groups is 1. The molecule has 138 valence electrons. The van der Waals surface area contributed by atoms with E-state index in [4.69, 9.17) is 4.18 Å². The number of carbonyl (C=O) groups excluding carboxylic acids is 1. The van der Waals surface area contributed by atoms with Gasteiger partial charge in [-0.15, -0.1) is 0 Å². The van der Waals surface area contributed by atoms with Crippen LogP contribution in [0, 0.1) is 17.0 Å². The maximum absolute atomic E-state index is 11.7. The van der Waals surface area contributed by atoms with Crippen LogP contribution in [0.4, 0.5) is 5.69 Å². The van der Waals surface area contributed by atoms with Crippen molar-refractivity contribution in [1.82, 2.24) is 4.98 Å². The Morgan fingerprint density at radius 3 is 2.54 bits per heavy atom. The summed E-state index contributed by atoms with van der Waals surface area (Å²) in [7, 11) is -4.00. The Kier molecular flexibility index (Phi) is 5.98. The summed E-state index contributed by atoms with van der Waals surface area (Å²) in [4.78, 5) is 26.9. The van der Waals surface area contributed by atoms with Crippen LogP contribution < -0.4 is 4.18 Å². The molecule has 0 atom stereocenters. The number of pyridine rings is 1. The van der Waals surface area contributed by atoms with Gasteiger partial charge in [0.05, 0.1) is 11.2 Å². The molecule has 0 aliphatic rings. The fourth-order valence-corrected chi connectivity index (χ4v) is 4.02. The zero-order chi connectivity index (χ0) is 19.5. The van der Waals surface area contributed by atoms with E-state index in [9.17, 15) is 23.3 Å². The minimum atomic E-state index is -4.00. The fourth-order valence-electron chi connectivity index (χ4n) is 2.35. The van der Waals surface area contributed by atoms with Gasteiger partial charge in [0.2, 0.25) is 0 Å². The summed E-state index contributed by atoms with van der Waals surface area (Å²) in [5.74, 6) is -0.585. The monoisotopic (exact) mass is 396 g/mol. The average Bonchev–Trinajstić information content (AvgIpc) is 2.53. The van der Waals surface area contributed by atoms with E-state index in [1.165, 1.54) is 0 Å². The van der Waals surface area contributed by atoms with Gasteiger partial charge in [0.1, 0.15) is 4.90 Å². The Bertz CT molecular complexity index is 973. The molecule has 1 aromatic heterocycles. The summed E-state index contributed by atoms with van der Waals surface area (Å²) in [6, 6.07) is 6.63. The third kappa shape index (κ3) is 4.38. The summed E-state index contributed by atoms with van der Waals surface area (Å²) >= 11 is 1.01. The largest absolute Gasteiger partial charge is 0.354 e. The maximum atomic E-state index is 11.7. The van der Waals surface area contributed by atoms with E-state index in [0.717, 1.165) is 18.0 Å². The fraction of sp³-hybridized carbons (Fsp3) is 0.250. The van der Waals surface area contributed by atoms with Gasteiger partial charge in [-0.2, -0.15) is 8.42 Å². The van der Waals surface area contributed by atoms with Crippen molar-refractivity contribution in [2.75, 3.05) is 6.26 Å². The van der Waals surface area contributed by atoms with Gasteiger partial charge in [0.15, 0.2) is 6.29 Å². The standard InChI is InChI=1S/C16H16N2O6S2/c1-4-12-10(2)17-16(24-26(3,22)23)14(18(20)21)15(12)25-13-8-6-5-7-11(13)9-19/h5-9H,4H2,1-3H3. The molecule has 0 aliphatic carbocycles. The number of carbonyl (C=O) groups is 1. The number of rotatable bonds is 7. The molecule has 0 N–H and O–H groups in total. The first-order valence-electron chi connectivity index (χ1n) is 7.47. The minimum absolute atomic E-state index is 0.206. The molecule has 8 nitrogen and oxygen atoms in total. The Hall–Kier alpha value is -2.46. The smallest absolute Gasteiger partial charge is 0.346 e. The first-order valence-corrected chi connectivity index (χ1v) is 10.1. The van der Waals surface area contributed by atoms with Gasteiger partial charge in [-0.05, 0) is 25.0 Å². The zero-order valence-corrected chi connectivity index (χ0v) is 15.9. The van der Waals surface area contributed by atoms with Gasteiger partial charge in [-0.25, -0.2) is 4.98 Å². The maximum Gasteiger partial charge on any atom is 0.346 e. The van der Waals surface area contributed by atoms with Crippen molar-refractivity contribution in [2.45, 2.75) is 30.1 Å². The molecule has 0 radical (unpaired) electrons. The number of aryl methyl sites for hydroxylation is 1. The van der Waals surface area contributed by atoms with E-state index in [1.54, 1.807) is 38.1 Å². The summed E-state index contributed by atoms with van der Waals surface area (Å²) < 4.78 is 27.7. The van der Waals surface area contributed by atoms with Crippen LogP contribution >= 0.6 is 11.8 Å². The van der Waals surface area contributed by atoms with E-state index < -0.39 is 26.6 Å². The molecule has 2 aromatic rings. The highest BCUT2D eigenvalue weighted by Gasteiger charge is 2.30. The van der Waals surface area contributed by atoms with Crippen LogP contribution in [-0.4, -0.2) is 30.9 Å². The molecule has 0 saturated carbocycles. The topological polar surface area (TPSA) is 116 Å². The van der Waals surface area contributed by atoms with Gasteiger partial charge in [-0.1, -0.05) is 36.9 Å². The molecule has 2 rings (SSSR count). The highest BCUT2D eigenvalue weighted by atomic mass is 32.2. The Morgan fingerprint density at radius 2 is 2.00 bits per heavy atom. The normalized spacial score (nSPS) is 11.2. The molecule has 0 spiro atoms. The van der Waals surface area contributed by atoms with Crippen LogP contribution in [0.2, 0.25) is 0 Å². The number of benzene rings is 1. The molecular formula is C16H16N2O6S2. The predicted molar refractivity (Wildman–Crippen MR) is 96.4 cm³/mol. The second-order valence-electron chi connectivity index (χ2n) is 5.31. The molecule has 26 heavy (non-hydrogen) atoms. The second-order valence-corrected chi connectivity index (χ2v) is 7.94. The van der Waals surface area contributed by atoms with E-state index in [-0.39, 0.29) is 4.90 Å². The zero-order valence-electron chi connectivity index (χ0n) is 14.3. The number of aldehydes is 1. The van der Waals surface area contributed by atoms with Crippen molar-refractivity contribution >= 4 is 33.9 Å². The van der Waals surface area contributed by atoms with Gasteiger partial charge in [0.25, 0.3) is 0 Å². The third-order valence-corrected chi connectivity index (χ3v) is 5.12. The number of aromatic nitrogens is 1. The first-order chi connectivity index (χ1) is 12.2. The second kappa shape index (κ2) is 7.83. The summed E-state index contributed by atoms with van der Waals surface area (Å²) in [6.45, 7) is 3.42. The lowest BCUT2D eigenvalue weighted by molar-refractivity contribution is -0.388. The van der Waals surface area contributed by atoms with E-state index >= 15 is 0 Å². The molecule has 0 bridgehead atoms. The minimum Gasteiger partial charge on any atom is -0.354 e. The van der Waals surface area contributed by atoms with Crippen LogP contribution in [0.25, 0.3) is 0 Å². The van der Waals surface area contributed by atoms with Crippen molar-refractivity contribution in [3.8, 4) is 5.88 Å². The summed E-state index contributed by atoms with van der Waals surface area (Å²) in [5, 5.41) is 11.7. The Balaban J connectivity index is 2.76. The average molecular weight is 396 g/mol. The van der Waals surface area contributed by atoms with Crippen molar-refractivity contribution in [3.05, 3.63) is 51.2 Å². The number of hydrogen-bond acceptors (Lipinski definition) is 8. The lowest BCUT2D eigenvalue weighted by Crippen LogP contribution is -2.11. The van der Waals surface area contributed by atoms with Crippen molar-refractivity contribution in [2.24, 2.45) is 0 Å². The van der Waals surface area contributed by atoms with Gasteiger partial charge < -0.3 is 4.18 Å². The first kappa shape index (κ1) is 19.9. The van der Waals surface area contributed by atoms with Crippen LogP contribution in [0.5, 0.6) is 5.88 Å². The van der Waals surface area contributed by atoms with Crippen LogP contribution in [0.3, 0.4) is 0 Å². The SMILES string of the molecule is CCc1c(C)nc(OS(C)(=O)=O)c([N+](=O)[O-])c1Sc1ccccc1C=O. The lowest BCUT2D eigenvalue weighted by atomic mass is 10.1. The summed E-state index contributed by atoms with van der Waals surface area (Å²) in [6.07, 6.45) is 1.88. The van der Waals surface area contributed by atoms with Crippen molar-refractivity contribution in [1.29, 1.82) is 0 Å². The van der Waals surface area contributed by atoms with E-state index in [2.05, 4.69) is 4.98 Å². The molecule has 0 unspecified atom stereocenters. The van der Waals surface area contributed by atoms with Crippen LogP contribution in [0.15, 0.2) is 34.1 Å². The van der Waals surface area contributed by atoms with Crippen LogP contribution in [0.1, 0.15) is 28.5 Å². The molecule has 0 amide bonds. The molecule has 0 saturated heterocycles. The Labute approximate surface area is 154 Å². The molecule has 0 aliphatic heterocycles. The molecule has 1 aromatic carbocycles. The van der Waals surface area contributed by atoms with Crippen molar-refractivity contribution in [3.63, 3.8) is 0 Å². The molecule has 0 fully saturated rings. The highest BCUT2D eigenvalue weighted by molar-refractivity contribution is 7.99. The number of hydrogen-bond donors (Lipinski definition) is 0. The number of nitrogens with zero attached hydrogens (tertiary/aromatic N) is 2. The van der Waals surface area contributed by atoms with E-state index in [0.29, 0.717) is 34.4 Å². The third-order valence-electron chi connectivity index (χ3n) is 3.42. The van der Waals surface area contributed by atoms with Crippen molar-refractivity contribution < 1.29 is 22.3 Å². The molecule has 1 heterocycles. The predicted octanol–water partition coefficient (Wildman–Crippen LogP) is 3.16. The van der Waals surface area contributed by atoms with Gasteiger partial charge in [0, 0.05) is 16.2 Å². The highest BCUT2D eigenvalue weighted by Crippen LogP contribution is 2.44. The van der Waals surface area contributed by atoms with Crippen LogP contribution in [-0.2, 0) is 16.5 Å². The molecular weight excluding hydrogens is 380 g/mol. The summed E-state index contributed by atoms with van der Waals surface area (Å²) in [5.41, 5.74) is 0.837. The van der Waals surface area contributed by atoms with Gasteiger partial charge in [-0.3, -0.25) is 14.9 Å². The van der Waals surface area contributed by atoms with Gasteiger partial charge >= 0.3 is 21.7 Å². The van der Waals surface area contributed by atoms with E-state index in [1.807, 2.05) is 0 Å². The Morgan fingerprint density at radius 1 is 1.35 bits per heavy atom. The lowest BCUT2D eigenvalue weighted by Gasteiger charge is -2.14. The molecule has 10 heteroatoms.